The number of hydrogen-bond donors (Lipinski definition) is 1. The topological polar surface area (TPSA) is 29.3 Å². The number of hydrogen-bond acceptors (Lipinski definition) is 3. The van der Waals surface area contributed by atoms with Gasteiger partial charge in [-0.15, -0.1) is 11.3 Å². The molecule has 33 heavy (non-hydrogen) atoms. The number of benzene rings is 5. The molecule has 0 aliphatic carbocycles. The van der Waals surface area contributed by atoms with E-state index in [0.717, 1.165) is 22.5 Å². The molecule has 0 aliphatic rings. The van der Waals surface area contributed by atoms with E-state index in [0.29, 0.717) is 0 Å². The third-order valence-electron chi connectivity index (χ3n) is 6.05. The van der Waals surface area contributed by atoms with Gasteiger partial charge in [-0.05, 0) is 64.7 Å². The number of rotatable bonds is 4. The Morgan fingerprint density at radius 3 is 1.70 bits per heavy atom. The van der Waals surface area contributed by atoms with Crippen molar-refractivity contribution in [3.8, 4) is 22.3 Å². The molecule has 1 aromatic heterocycles. The second kappa shape index (κ2) is 8.21. The fraction of sp³-hybridized carbons (Fsp3) is 0. The fourth-order valence-corrected chi connectivity index (χ4v) is 5.44. The van der Waals surface area contributed by atoms with E-state index < -0.39 is 0 Å². The highest BCUT2D eigenvalue weighted by atomic mass is 32.1. The molecule has 2 nitrogen and oxygen atoms in total. The van der Waals surface area contributed by atoms with Crippen LogP contribution in [-0.4, -0.2) is 0 Å². The van der Waals surface area contributed by atoms with Crippen LogP contribution in [0.1, 0.15) is 0 Å². The van der Waals surface area contributed by atoms with Crippen molar-refractivity contribution in [2.75, 3.05) is 5.01 Å². The Morgan fingerprint density at radius 1 is 0.455 bits per heavy atom. The Balaban J connectivity index is 1.50. The van der Waals surface area contributed by atoms with Gasteiger partial charge in [0.2, 0.25) is 0 Å². The monoisotopic (exact) mass is 442 g/mol. The predicted octanol–water partition coefficient (Wildman–Crippen LogP) is 8.40. The van der Waals surface area contributed by atoms with Gasteiger partial charge in [-0.1, -0.05) is 78.9 Å². The van der Waals surface area contributed by atoms with Crippen LogP contribution < -0.4 is 10.9 Å². The number of anilines is 2. The van der Waals surface area contributed by atoms with E-state index in [4.69, 9.17) is 5.84 Å². The van der Waals surface area contributed by atoms with Crippen molar-refractivity contribution in [1.82, 2.24) is 0 Å². The van der Waals surface area contributed by atoms with Crippen LogP contribution in [0, 0.1) is 0 Å². The van der Waals surface area contributed by atoms with Crippen LogP contribution in [0.4, 0.5) is 11.4 Å². The molecule has 0 atom stereocenters. The normalized spacial score (nSPS) is 11.2. The Hall–Kier alpha value is -3.92. The summed E-state index contributed by atoms with van der Waals surface area (Å²) >= 11 is 1.82. The van der Waals surface area contributed by atoms with Gasteiger partial charge in [0.15, 0.2) is 0 Å². The molecular formula is C30H22N2S. The molecule has 0 bridgehead atoms. The molecule has 0 saturated carbocycles. The first-order valence-electron chi connectivity index (χ1n) is 11.0. The minimum atomic E-state index is 0.953. The average Bonchev–Trinajstić information content (AvgIpc) is 3.27. The molecule has 0 aliphatic heterocycles. The van der Waals surface area contributed by atoms with Gasteiger partial charge in [0, 0.05) is 20.2 Å². The smallest absolute Gasteiger partial charge is 0.0587 e. The Bertz CT molecular complexity index is 1510. The maximum Gasteiger partial charge on any atom is 0.0587 e. The maximum absolute atomic E-state index is 6.75. The zero-order chi connectivity index (χ0) is 22.2. The van der Waals surface area contributed by atoms with Gasteiger partial charge in [0.25, 0.3) is 0 Å². The molecule has 6 aromatic rings. The van der Waals surface area contributed by atoms with Crippen molar-refractivity contribution in [2.24, 2.45) is 5.84 Å². The quantitative estimate of drug-likeness (QED) is 0.219. The molecular weight excluding hydrogens is 420 g/mol. The molecule has 0 saturated heterocycles. The Morgan fingerprint density at radius 2 is 1.03 bits per heavy atom. The van der Waals surface area contributed by atoms with Gasteiger partial charge in [0.1, 0.15) is 0 Å². The van der Waals surface area contributed by atoms with Gasteiger partial charge in [-0.25, -0.2) is 5.84 Å². The number of nitrogens with zero attached hydrogens (tertiary/aromatic N) is 1. The van der Waals surface area contributed by atoms with Crippen molar-refractivity contribution < 1.29 is 0 Å². The summed E-state index contributed by atoms with van der Waals surface area (Å²) in [5, 5.41) is 4.31. The molecule has 1 heterocycles. The van der Waals surface area contributed by atoms with Crippen molar-refractivity contribution in [2.45, 2.75) is 0 Å². The summed E-state index contributed by atoms with van der Waals surface area (Å²) in [7, 11) is 0. The fourth-order valence-electron chi connectivity index (χ4n) is 4.36. The van der Waals surface area contributed by atoms with Crippen LogP contribution in [0.5, 0.6) is 0 Å². The van der Waals surface area contributed by atoms with E-state index in [1.807, 2.05) is 23.5 Å². The molecule has 158 valence electrons. The first-order valence-corrected chi connectivity index (χ1v) is 11.8. The highest BCUT2D eigenvalue weighted by molar-refractivity contribution is 7.25. The van der Waals surface area contributed by atoms with Crippen molar-refractivity contribution in [1.29, 1.82) is 0 Å². The summed E-state index contributed by atoms with van der Waals surface area (Å²) in [6.45, 7) is 0. The van der Waals surface area contributed by atoms with Crippen molar-refractivity contribution in [3.63, 3.8) is 0 Å². The molecule has 0 radical (unpaired) electrons. The Labute approximate surface area is 197 Å². The third-order valence-corrected chi connectivity index (χ3v) is 7.20. The van der Waals surface area contributed by atoms with Crippen LogP contribution in [0.15, 0.2) is 121 Å². The first-order chi connectivity index (χ1) is 16.3. The molecule has 3 heteroatoms. The maximum atomic E-state index is 6.75. The average molecular weight is 443 g/mol. The lowest BCUT2D eigenvalue weighted by Crippen LogP contribution is -2.24. The van der Waals surface area contributed by atoms with Crippen molar-refractivity contribution >= 4 is 42.9 Å². The van der Waals surface area contributed by atoms with Crippen LogP contribution in [-0.2, 0) is 0 Å². The van der Waals surface area contributed by atoms with E-state index in [1.165, 1.54) is 31.3 Å². The molecule has 6 rings (SSSR count). The molecule has 0 spiro atoms. The van der Waals surface area contributed by atoms with Gasteiger partial charge < -0.3 is 0 Å². The largest absolute Gasteiger partial charge is 0.280 e. The summed E-state index contributed by atoms with van der Waals surface area (Å²) in [5.41, 5.74) is 6.55. The second-order valence-corrected chi connectivity index (χ2v) is 9.23. The lowest BCUT2D eigenvalue weighted by molar-refractivity contribution is 1.09. The summed E-state index contributed by atoms with van der Waals surface area (Å²) in [5.74, 6) is 6.75. The summed E-state index contributed by atoms with van der Waals surface area (Å²) < 4.78 is 2.57. The zero-order valence-electron chi connectivity index (χ0n) is 18.0. The number of nitrogens with two attached hydrogens (primary N) is 1. The number of hydrazine groups is 1. The summed E-state index contributed by atoms with van der Waals surface area (Å²) in [6.07, 6.45) is 0. The summed E-state index contributed by atoms with van der Waals surface area (Å²) in [4.78, 5) is 0. The van der Waals surface area contributed by atoms with E-state index >= 15 is 0 Å². The van der Waals surface area contributed by atoms with Gasteiger partial charge in [0.05, 0.1) is 11.4 Å². The minimum Gasteiger partial charge on any atom is -0.280 e. The number of thiophene rings is 1. The van der Waals surface area contributed by atoms with E-state index in [2.05, 4.69) is 109 Å². The highest BCUT2D eigenvalue weighted by Crippen LogP contribution is 2.38. The standard InChI is InChI=1S/C30H22N2S/c31-32(25-15-16-30-28(20-25)27-13-7-8-14-29(27)33-30)26-18-23(21-9-3-1-4-10-21)17-24(19-26)22-11-5-2-6-12-22/h1-20H,31H2. The van der Waals surface area contributed by atoms with Crippen molar-refractivity contribution in [3.05, 3.63) is 121 Å². The molecule has 0 unspecified atom stereocenters. The lowest BCUT2D eigenvalue weighted by atomic mass is 9.98. The SMILES string of the molecule is NN(c1cc(-c2ccccc2)cc(-c2ccccc2)c1)c1ccc2sc3ccccc3c2c1. The minimum absolute atomic E-state index is 0.953. The van der Waals surface area contributed by atoms with Gasteiger partial charge >= 0.3 is 0 Å². The van der Waals surface area contributed by atoms with E-state index in [1.54, 1.807) is 5.01 Å². The zero-order valence-corrected chi connectivity index (χ0v) is 18.8. The van der Waals surface area contributed by atoms with Crippen LogP contribution >= 0.6 is 11.3 Å². The molecule has 0 amide bonds. The highest BCUT2D eigenvalue weighted by Gasteiger charge is 2.13. The lowest BCUT2D eigenvalue weighted by Gasteiger charge is -2.21. The van der Waals surface area contributed by atoms with E-state index in [-0.39, 0.29) is 0 Å². The Kier molecular flexibility index (Phi) is 4.91. The van der Waals surface area contributed by atoms with Gasteiger partial charge in [-0.3, -0.25) is 5.01 Å². The predicted molar refractivity (Wildman–Crippen MR) is 143 cm³/mol. The van der Waals surface area contributed by atoms with Gasteiger partial charge in [-0.2, -0.15) is 0 Å². The third kappa shape index (κ3) is 3.68. The van der Waals surface area contributed by atoms with E-state index in [9.17, 15) is 0 Å². The molecule has 0 fully saturated rings. The van der Waals surface area contributed by atoms with Crippen LogP contribution in [0.3, 0.4) is 0 Å². The van der Waals surface area contributed by atoms with Crippen LogP contribution in [0.2, 0.25) is 0 Å². The first kappa shape index (κ1) is 19.7. The second-order valence-electron chi connectivity index (χ2n) is 8.15. The molecule has 5 aromatic carbocycles. The number of fused-ring (bicyclic) bond motifs is 3. The summed E-state index contributed by atoms with van der Waals surface area (Å²) in [6, 6.07) is 42.5. The van der Waals surface area contributed by atoms with Crippen LogP contribution in [0.25, 0.3) is 42.4 Å². The molecule has 2 N–H and O–H groups in total.